The van der Waals surface area contributed by atoms with Crippen LogP contribution in [-0.4, -0.2) is 97.4 Å². The summed E-state index contributed by atoms with van der Waals surface area (Å²) in [7, 11) is 0. The molecule has 1 aromatic rings. The molecule has 4 aliphatic heterocycles. The second-order valence-corrected chi connectivity index (χ2v) is 9.86. The van der Waals surface area contributed by atoms with Crippen molar-refractivity contribution in [3.05, 3.63) is 23.8 Å². The zero-order chi connectivity index (χ0) is 21.0. The molecule has 0 N–H and O–H groups in total. The number of fused-ring (bicyclic) bond motifs is 1. The molecule has 0 aromatic heterocycles. The Morgan fingerprint density at radius 2 is 1.61 bits per heavy atom. The summed E-state index contributed by atoms with van der Waals surface area (Å²) in [5.74, 6) is 1.78. The van der Waals surface area contributed by atoms with Crippen molar-refractivity contribution in [1.82, 2.24) is 19.6 Å². The quantitative estimate of drug-likeness (QED) is 0.693. The van der Waals surface area contributed by atoms with Crippen LogP contribution in [0.4, 0.5) is 0 Å². The second-order valence-electron chi connectivity index (χ2n) is 9.86. The Kier molecular flexibility index (Phi) is 6.99. The summed E-state index contributed by atoms with van der Waals surface area (Å²) in [6.45, 7) is 14.9. The van der Waals surface area contributed by atoms with E-state index in [2.05, 4.69) is 44.7 Å². The summed E-state index contributed by atoms with van der Waals surface area (Å²) in [6, 6.07) is 7.97. The van der Waals surface area contributed by atoms with Crippen LogP contribution in [-0.2, 0) is 6.54 Å². The zero-order valence-electron chi connectivity index (χ0n) is 19.3. The van der Waals surface area contributed by atoms with Gasteiger partial charge >= 0.3 is 0 Å². The standard InChI is InChI=1S/C25H40N4O2/c1-2-9-26-11-7-22(8-12-26)29-10-3-4-23(19-29)28-15-13-27(14-16-28)18-21-5-6-24-25(17-21)31-20-30-24/h5-6,17,22-23H,2-4,7-16,18-20H2,1H3. The Bertz CT molecular complexity index is 713. The summed E-state index contributed by atoms with van der Waals surface area (Å²) >= 11 is 0. The number of nitrogens with zero attached hydrogens (tertiary/aromatic N) is 4. The zero-order valence-corrected chi connectivity index (χ0v) is 19.3. The van der Waals surface area contributed by atoms with Gasteiger partial charge in [-0.25, -0.2) is 0 Å². The van der Waals surface area contributed by atoms with Crippen molar-refractivity contribution in [2.24, 2.45) is 0 Å². The van der Waals surface area contributed by atoms with Gasteiger partial charge in [-0.05, 0) is 76.0 Å². The van der Waals surface area contributed by atoms with Gasteiger partial charge in [-0.2, -0.15) is 0 Å². The Labute approximate surface area is 188 Å². The van der Waals surface area contributed by atoms with Crippen molar-refractivity contribution < 1.29 is 9.47 Å². The van der Waals surface area contributed by atoms with Gasteiger partial charge in [-0.15, -0.1) is 0 Å². The fourth-order valence-electron chi connectivity index (χ4n) is 6.02. The molecule has 0 saturated carbocycles. The lowest BCUT2D eigenvalue weighted by Crippen LogP contribution is -2.57. The predicted octanol–water partition coefficient (Wildman–Crippen LogP) is 2.87. The van der Waals surface area contributed by atoms with E-state index < -0.39 is 0 Å². The normalized spacial score (nSPS) is 27.1. The minimum Gasteiger partial charge on any atom is -0.454 e. The van der Waals surface area contributed by atoms with Gasteiger partial charge in [0.1, 0.15) is 0 Å². The molecule has 4 heterocycles. The third-order valence-corrected chi connectivity index (χ3v) is 7.81. The van der Waals surface area contributed by atoms with E-state index in [0.717, 1.165) is 30.1 Å². The molecule has 0 amide bonds. The van der Waals surface area contributed by atoms with Gasteiger partial charge in [0.15, 0.2) is 11.5 Å². The number of ether oxygens (including phenoxy) is 2. The lowest BCUT2D eigenvalue weighted by atomic mass is 9.96. The first kappa shape index (κ1) is 21.5. The minimum absolute atomic E-state index is 0.355. The SMILES string of the molecule is CCCN1CCC(N2CCCC(N3CCN(Cc4ccc5c(c4)OCO5)CC3)C2)CC1. The number of hydrogen-bond acceptors (Lipinski definition) is 6. The Hall–Kier alpha value is -1.34. The monoisotopic (exact) mass is 428 g/mol. The summed E-state index contributed by atoms with van der Waals surface area (Å²) in [5, 5.41) is 0. The third-order valence-electron chi connectivity index (χ3n) is 7.81. The van der Waals surface area contributed by atoms with Gasteiger partial charge in [0.05, 0.1) is 0 Å². The number of likely N-dealkylation sites (tertiary alicyclic amines) is 2. The van der Waals surface area contributed by atoms with Gasteiger partial charge < -0.3 is 14.4 Å². The molecule has 5 rings (SSSR count). The third kappa shape index (κ3) is 5.19. The number of piperidine rings is 2. The van der Waals surface area contributed by atoms with E-state index in [-0.39, 0.29) is 0 Å². The molecule has 6 nitrogen and oxygen atoms in total. The van der Waals surface area contributed by atoms with Crippen molar-refractivity contribution in [3.8, 4) is 11.5 Å². The van der Waals surface area contributed by atoms with Crippen LogP contribution >= 0.6 is 0 Å². The number of hydrogen-bond donors (Lipinski definition) is 0. The van der Waals surface area contributed by atoms with Crippen molar-refractivity contribution in [2.75, 3.05) is 65.7 Å². The number of benzene rings is 1. The molecule has 1 unspecified atom stereocenters. The summed E-state index contributed by atoms with van der Waals surface area (Å²) in [6.07, 6.45) is 6.79. The van der Waals surface area contributed by atoms with E-state index >= 15 is 0 Å². The first-order chi connectivity index (χ1) is 15.3. The van der Waals surface area contributed by atoms with Gasteiger partial charge in [0.2, 0.25) is 6.79 Å². The molecule has 31 heavy (non-hydrogen) atoms. The average molecular weight is 429 g/mol. The molecule has 6 heteroatoms. The van der Waals surface area contributed by atoms with E-state index in [0.29, 0.717) is 6.79 Å². The molecule has 3 saturated heterocycles. The first-order valence-electron chi connectivity index (χ1n) is 12.6. The van der Waals surface area contributed by atoms with Gasteiger partial charge in [-0.1, -0.05) is 13.0 Å². The van der Waals surface area contributed by atoms with Crippen LogP contribution in [0.3, 0.4) is 0 Å². The van der Waals surface area contributed by atoms with E-state index in [1.807, 2.05) is 0 Å². The first-order valence-corrected chi connectivity index (χ1v) is 12.6. The van der Waals surface area contributed by atoms with Gasteiger partial charge in [0.25, 0.3) is 0 Å². The van der Waals surface area contributed by atoms with Crippen LogP contribution in [0.25, 0.3) is 0 Å². The fraction of sp³-hybridized carbons (Fsp3) is 0.760. The van der Waals surface area contributed by atoms with Crippen LogP contribution in [0, 0.1) is 0 Å². The van der Waals surface area contributed by atoms with Crippen LogP contribution in [0.1, 0.15) is 44.6 Å². The highest BCUT2D eigenvalue weighted by Gasteiger charge is 2.32. The van der Waals surface area contributed by atoms with Crippen LogP contribution in [0.2, 0.25) is 0 Å². The van der Waals surface area contributed by atoms with Crippen molar-refractivity contribution in [2.45, 2.75) is 57.7 Å². The topological polar surface area (TPSA) is 31.4 Å². The molecule has 0 bridgehead atoms. The smallest absolute Gasteiger partial charge is 0.231 e. The maximum Gasteiger partial charge on any atom is 0.231 e. The largest absolute Gasteiger partial charge is 0.454 e. The molecule has 0 spiro atoms. The lowest BCUT2D eigenvalue weighted by Gasteiger charge is -2.46. The van der Waals surface area contributed by atoms with E-state index in [4.69, 9.17) is 9.47 Å². The van der Waals surface area contributed by atoms with E-state index in [1.165, 1.54) is 96.6 Å². The van der Waals surface area contributed by atoms with Crippen molar-refractivity contribution in [3.63, 3.8) is 0 Å². The summed E-state index contributed by atoms with van der Waals surface area (Å²) in [4.78, 5) is 10.9. The van der Waals surface area contributed by atoms with Gasteiger partial charge in [-0.3, -0.25) is 14.7 Å². The maximum absolute atomic E-state index is 5.55. The molecule has 1 atom stereocenters. The highest BCUT2D eigenvalue weighted by Crippen LogP contribution is 2.33. The van der Waals surface area contributed by atoms with Crippen molar-refractivity contribution >= 4 is 0 Å². The molecule has 1 aromatic carbocycles. The average Bonchev–Trinajstić information content (AvgIpc) is 3.28. The number of rotatable bonds is 6. The van der Waals surface area contributed by atoms with E-state index in [1.54, 1.807) is 0 Å². The number of piperazine rings is 1. The Morgan fingerprint density at radius 1 is 0.806 bits per heavy atom. The molecule has 4 aliphatic rings. The summed E-state index contributed by atoms with van der Waals surface area (Å²) < 4.78 is 11.0. The molecule has 0 radical (unpaired) electrons. The van der Waals surface area contributed by atoms with Crippen molar-refractivity contribution in [1.29, 1.82) is 0 Å². The molecular weight excluding hydrogens is 388 g/mol. The second kappa shape index (κ2) is 10.1. The Morgan fingerprint density at radius 3 is 2.42 bits per heavy atom. The highest BCUT2D eigenvalue weighted by molar-refractivity contribution is 5.44. The molecule has 172 valence electrons. The van der Waals surface area contributed by atoms with Crippen LogP contribution in [0.15, 0.2) is 18.2 Å². The maximum atomic E-state index is 5.55. The minimum atomic E-state index is 0.355. The predicted molar refractivity (Wildman–Crippen MR) is 124 cm³/mol. The fourth-order valence-corrected chi connectivity index (χ4v) is 6.02. The van der Waals surface area contributed by atoms with Crippen LogP contribution in [0.5, 0.6) is 11.5 Å². The highest BCUT2D eigenvalue weighted by atomic mass is 16.7. The Balaban J connectivity index is 1.08. The molecule has 0 aliphatic carbocycles. The molecular formula is C25H40N4O2. The van der Waals surface area contributed by atoms with E-state index in [9.17, 15) is 0 Å². The summed E-state index contributed by atoms with van der Waals surface area (Å²) in [5.41, 5.74) is 1.33. The molecule has 3 fully saturated rings. The van der Waals surface area contributed by atoms with Crippen LogP contribution < -0.4 is 9.47 Å². The van der Waals surface area contributed by atoms with Gasteiger partial charge in [0, 0.05) is 51.4 Å². The lowest BCUT2D eigenvalue weighted by molar-refractivity contribution is 0.0217.